The maximum absolute atomic E-state index is 3.62. The standard InChI is InChI=1S/C17H27BrN2/c1-3-10-19-13-14-12-15(18)8-9-17(14)20-11-6-5-7-16(20)4-2/h8-9,12,16,19H,3-7,10-11,13H2,1-2H3. The molecule has 2 nitrogen and oxygen atoms in total. The lowest BCUT2D eigenvalue weighted by Gasteiger charge is -2.38. The Morgan fingerprint density at radius 1 is 1.30 bits per heavy atom. The number of rotatable bonds is 6. The van der Waals surface area contributed by atoms with E-state index in [1.807, 2.05) is 0 Å². The summed E-state index contributed by atoms with van der Waals surface area (Å²) in [6.07, 6.45) is 6.49. The second-order valence-electron chi connectivity index (χ2n) is 5.70. The summed E-state index contributed by atoms with van der Waals surface area (Å²) >= 11 is 3.62. The van der Waals surface area contributed by atoms with Gasteiger partial charge in [-0.2, -0.15) is 0 Å². The van der Waals surface area contributed by atoms with Crippen LogP contribution >= 0.6 is 15.9 Å². The van der Waals surface area contributed by atoms with Gasteiger partial charge in [0.25, 0.3) is 0 Å². The van der Waals surface area contributed by atoms with Crippen LogP contribution in [0.1, 0.15) is 51.5 Å². The first-order valence-corrected chi connectivity index (χ1v) is 8.81. The highest BCUT2D eigenvalue weighted by atomic mass is 79.9. The van der Waals surface area contributed by atoms with Crippen molar-refractivity contribution in [1.82, 2.24) is 5.32 Å². The van der Waals surface area contributed by atoms with E-state index in [2.05, 4.69) is 58.2 Å². The van der Waals surface area contributed by atoms with Gasteiger partial charge in [0.1, 0.15) is 0 Å². The van der Waals surface area contributed by atoms with Crippen LogP contribution in [0.4, 0.5) is 5.69 Å². The Bertz CT molecular complexity index is 419. The van der Waals surface area contributed by atoms with Crippen molar-refractivity contribution >= 4 is 21.6 Å². The predicted molar refractivity (Wildman–Crippen MR) is 91.4 cm³/mol. The van der Waals surface area contributed by atoms with Crippen LogP contribution in [-0.4, -0.2) is 19.1 Å². The monoisotopic (exact) mass is 338 g/mol. The minimum absolute atomic E-state index is 0.717. The second kappa shape index (κ2) is 8.04. The number of nitrogens with zero attached hydrogens (tertiary/aromatic N) is 1. The molecule has 2 rings (SSSR count). The number of anilines is 1. The summed E-state index contributed by atoms with van der Waals surface area (Å²) in [4.78, 5) is 2.64. The van der Waals surface area contributed by atoms with E-state index >= 15 is 0 Å². The van der Waals surface area contributed by atoms with Crippen molar-refractivity contribution in [2.75, 3.05) is 18.0 Å². The van der Waals surface area contributed by atoms with Crippen LogP contribution in [0.15, 0.2) is 22.7 Å². The summed E-state index contributed by atoms with van der Waals surface area (Å²) in [6, 6.07) is 7.47. The van der Waals surface area contributed by atoms with E-state index in [9.17, 15) is 0 Å². The molecule has 1 unspecified atom stereocenters. The third-order valence-electron chi connectivity index (χ3n) is 4.19. The summed E-state index contributed by atoms with van der Waals surface area (Å²) in [5, 5.41) is 3.54. The van der Waals surface area contributed by atoms with E-state index in [4.69, 9.17) is 0 Å². The smallest absolute Gasteiger partial charge is 0.0415 e. The molecule has 1 aliphatic rings. The van der Waals surface area contributed by atoms with Gasteiger partial charge < -0.3 is 10.2 Å². The molecule has 1 atom stereocenters. The lowest BCUT2D eigenvalue weighted by molar-refractivity contribution is 0.448. The van der Waals surface area contributed by atoms with Gasteiger partial charge in [0.15, 0.2) is 0 Å². The van der Waals surface area contributed by atoms with Crippen molar-refractivity contribution in [2.45, 2.75) is 58.5 Å². The molecule has 1 aromatic rings. The Balaban J connectivity index is 2.19. The summed E-state index contributed by atoms with van der Waals surface area (Å²) in [5.74, 6) is 0. The third kappa shape index (κ3) is 3.98. The molecule has 0 aromatic heterocycles. The topological polar surface area (TPSA) is 15.3 Å². The van der Waals surface area contributed by atoms with Gasteiger partial charge in [0.05, 0.1) is 0 Å². The molecule has 0 aliphatic carbocycles. The lowest BCUT2D eigenvalue weighted by Crippen LogP contribution is -2.39. The van der Waals surface area contributed by atoms with Crippen LogP contribution in [0.5, 0.6) is 0 Å². The minimum atomic E-state index is 0.717. The predicted octanol–water partition coefficient (Wildman–Crippen LogP) is 4.72. The first-order chi connectivity index (χ1) is 9.76. The highest BCUT2D eigenvalue weighted by molar-refractivity contribution is 9.10. The van der Waals surface area contributed by atoms with Crippen molar-refractivity contribution in [3.05, 3.63) is 28.2 Å². The lowest BCUT2D eigenvalue weighted by atomic mass is 9.98. The van der Waals surface area contributed by atoms with Gasteiger partial charge in [-0.25, -0.2) is 0 Å². The average Bonchev–Trinajstić information content (AvgIpc) is 2.48. The molecule has 3 heteroatoms. The molecule has 0 spiro atoms. The molecule has 1 heterocycles. The van der Waals surface area contributed by atoms with E-state index in [0.29, 0.717) is 0 Å². The molecule has 0 amide bonds. The molecule has 112 valence electrons. The quantitative estimate of drug-likeness (QED) is 0.755. The van der Waals surface area contributed by atoms with Gasteiger partial charge in [-0.1, -0.05) is 29.8 Å². The van der Waals surface area contributed by atoms with Crippen LogP contribution < -0.4 is 10.2 Å². The van der Waals surface area contributed by atoms with Gasteiger partial charge >= 0.3 is 0 Å². The van der Waals surface area contributed by atoms with E-state index < -0.39 is 0 Å². The van der Waals surface area contributed by atoms with Crippen LogP contribution in [0.25, 0.3) is 0 Å². The van der Waals surface area contributed by atoms with Gasteiger partial charge in [0.2, 0.25) is 0 Å². The summed E-state index contributed by atoms with van der Waals surface area (Å²) < 4.78 is 1.18. The SMILES string of the molecule is CCCNCc1cc(Br)ccc1N1CCCCC1CC. The maximum Gasteiger partial charge on any atom is 0.0415 e. The first kappa shape index (κ1) is 15.8. The van der Waals surface area contributed by atoms with Crippen molar-refractivity contribution in [1.29, 1.82) is 0 Å². The Morgan fingerprint density at radius 2 is 2.15 bits per heavy atom. The number of halogens is 1. The maximum atomic E-state index is 3.62. The minimum Gasteiger partial charge on any atom is -0.368 e. The molecule has 1 N–H and O–H groups in total. The number of piperidine rings is 1. The number of nitrogens with one attached hydrogen (secondary N) is 1. The zero-order valence-corrected chi connectivity index (χ0v) is 14.4. The Labute approximate surface area is 132 Å². The van der Waals surface area contributed by atoms with Crippen LogP contribution in [0, 0.1) is 0 Å². The Morgan fingerprint density at radius 3 is 2.90 bits per heavy atom. The molecule has 20 heavy (non-hydrogen) atoms. The zero-order chi connectivity index (χ0) is 14.4. The summed E-state index contributed by atoms with van der Waals surface area (Å²) in [6.45, 7) is 7.79. The normalized spacial score (nSPS) is 19.4. The summed E-state index contributed by atoms with van der Waals surface area (Å²) in [5.41, 5.74) is 2.86. The van der Waals surface area contributed by atoms with Crippen LogP contribution in [-0.2, 0) is 6.54 Å². The molecule has 1 fully saturated rings. The molecule has 1 aliphatic heterocycles. The third-order valence-corrected chi connectivity index (χ3v) is 4.68. The highest BCUT2D eigenvalue weighted by Gasteiger charge is 2.22. The van der Waals surface area contributed by atoms with Crippen molar-refractivity contribution < 1.29 is 0 Å². The van der Waals surface area contributed by atoms with Crippen molar-refractivity contribution in [3.8, 4) is 0 Å². The molecule has 0 saturated carbocycles. The number of hydrogen-bond donors (Lipinski definition) is 1. The van der Waals surface area contributed by atoms with Gasteiger partial charge in [-0.05, 0) is 62.4 Å². The van der Waals surface area contributed by atoms with Gasteiger partial charge in [-0.3, -0.25) is 0 Å². The van der Waals surface area contributed by atoms with E-state index in [1.165, 1.54) is 54.4 Å². The fourth-order valence-electron chi connectivity index (χ4n) is 3.12. The Hall–Kier alpha value is -0.540. The first-order valence-electron chi connectivity index (χ1n) is 8.02. The number of hydrogen-bond acceptors (Lipinski definition) is 2. The van der Waals surface area contributed by atoms with E-state index in [0.717, 1.165) is 19.1 Å². The van der Waals surface area contributed by atoms with E-state index in [-0.39, 0.29) is 0 Å². The van der Waals surface area contributed by atoms with Crippen molar-refractivity contribution in [2.24, 2.45) is 0 Å². The average molecular weight is 339 g/mol. The largest absolute Gasteiger partial charge is 0.368 e. The molecular formula is C17H27BrN2. The fourth-order valence-corrected chi connectivity index (χ4v) is 3.53. The molecule has 0 bridgehead atoms. The molecule has 0 radical (unpaired) electrons. The van der Waals surface area contributed by atoms with Crippen LogP contribution in [0.3, 0.4) is 0 Å². The fraction of sp³-hybridized carbons (Fsp3) is 0.647. The van der Waals surface area contributed by atoms with Gasteiger partial charge in [0, 0.05) is 29.3 Å². The Kier molecular flexibility index (Phi) is 6.37. The van der Waals surface area contributed by atoms with Crippen LogP contribution in [0.2, 0.25) is 0 Å². The van der Waals surface area contributed by atoms with Crippen molar-refractivity contribution in [3.63, 3.8) is 0 Å². The molecule has 1 saturated heterocycles. The molecule has 1 aromatic carbocycles. The van der Waals surface area contributed by atoms with E-state index in [1.54, 1.807) is 0 Å². The van der Waals surface area contributed by atoms with Gasteiger partial charge in [-0.15, -0.1) is 0 Å². The number of benzene rings is 1. The molecular weight excluding hydrogens is 312 g/mol. The second-order valence-corrected chi connectivity index (χ2v) is 6.62. The highest BCUT2D eigenvalue weighted by Crippen LogP contribution is 2.31. The summed E-state index contributed by atoms with van der Waals surface area (Å²) in [7, 11) is 0. The zero-order valence-electron chi connectivity index (χ0n) is 12.8.